The molecule has 0 unspecified atom stereocenters. The molecule has 0 spiro atoms. The van der Waals surface area contributed by atoms with Gasteiger partial charge in [-0.05, 0) is 46.7 Å². The van der Waals surface area contributed by atoms with Crippen molar-refractivity contribution in [2.45, 2.75) is 38.1 Å². The van der Waals surface area contributed by atoms with E-state index in [0.717, 1.165) is 0 Å². The SMILES string of the molecule is NCc1ccc2c(Br)cccc2c1C1CCCC1. The molecule has 2 aromatic rings. The summed E-state index contributed by atoms with van der Waals surface area (Å²) in [6.07, 6.45) is 5.36. The second-order valence-corrected chi connectivity index (χ2v) is 6.01. The molecule has 1 aliphatic rings. The summed E-state index contributed by atoms with van der Waals surface area (Å²) in [5, 5.41) is 2.70. The minimum absolute atomic E-state index is 0.647. The summed E-state index contributed by atoms with van der Waals surface area (Å²) in [4.78, 5) is 0. The monoisotopic (exact) mass is 303 g/mol. The zero-order valence-electron chi connectivity index (χ0n) is 10.5. The number of hydrogen-bond acceptors (Lipinski definition) is 1. The first-order valence-electron chi connectivity index (χ1n) is 6.71. The highest BCUT2D eigenvalue weighted by molar-refractivity contribution is 9.10. The first-order chi connectivity index (χ1) is 8.81. The molecule has 1 nitrogen and oxygen atoms in total. The van der Waals surface area contributed by atoms with Gasteiger partial charge in [-0.15, -0.1) is 0 Å². The van der Waals surface area contributed by atoms with Gasteiger partial charge in [-0.3, -0.25) is 0 Å². The lowest BCUT2D eigenvalue weighted by atomic mass is 9.88. The Hall–Kier alpha value is -0.860. The Morgan fingerprint density at radius 2 is 1.83 bits per heavy atom. The third-order valence-corrected chi connectivity index (χ3v) is 4.82. The van der Waals surface area contributed by atoms with E-state index in [9.17, 15) is 0 Å². The Balaban J connectivity index is 2.27. The number of nitrogens with two attached hydrogens (primary N) is 1. The standard InChI is InChI=1S/C16H18BrN/c17-15-7-3-6-14-13(15)9-8-12(10-18)16(14)11-4-1-2-5-11/h3,6-9,11H,1-2,4-5,10,18H2. The van der Waals surface area contributed by atoms with E-state index in [-0.39, 0.29) is 0 Å². The second-order valence-electron chi connectivity index (χ2n) is 5.16. The Labute approximate surface area is 117 Å². The number of benzene rings is 2. The summed E-state index contributed by atoms with van der Waals surface area (Å²) in [7, 11) is 0. The fourth-order valence-electron chi connectivity index (χ4n) is 3.26. The summed E-state index contributed by atoms with van der Waals surface area (Å²) in [6, 6.07) is 10.9. The molecule has 0 aliphatic heterocycles. The maximum absolute atomic E-state index is 5.94. The predicted octanol–water partition coefficient (Wildman–Crippen LogP) is 4.72. The molecule has 0 radical (unpaired) electrons. The molecule has 0 bridgehead atoms. The smallest absolute Gasteiger partial charge is 0.0253 e. The van der Waals surface area contributed by atoms with Crippen LogP contribution in [0.5, 0.6) is 0 Å². The van der Waals surface area contributed by atoms with Gasteiger partial charge in [0.1, 0.15) is 0 Å². The van der Waals surface area contributed by atoms with Crippen LogP contribution in [0, 0.1) is 0 Å². The molecule has 94 valence electrons. The van der Waals surface area contributed by atoms with E-state index >= 15 is 0 Å². The van der Waals surface area contributed by atoms with Crippen LogP contribution in [0.4, 0.5) is 0 Å². The molecule has 1 aliphatic carbocycles. The second kappa shape index (κ2) is 5.02. The van der Waals surface area contributed by atoms with Crippen LogP contribution >= 0.6 is 15.9 Å². The Morgan fingerprint density at radius 1 is 1.06 bits per heavy atom. The molecular weight excluding hydrogens is 286 g/mol. The highest BCUT2D eigenvalue weighted by atomic mass is 79.9. The van der Waals surface area contributed by atoms with Crippen LogP contribution < -0.4 is 5.73 Å². The molecule has 0 saturated heterocycles. The summed E-state index contributed by atoms with van der Waals surface area (Å²) < 4.78 is 1.18. The lowest BCUT2D eigenvalue weighted by molar-refractivity contribution is 0.718. The zero-order valence-corrected chi connectivity index (χ0v) is 12.0. The predicted molar refractivity (Wildman–Crippen MR) is 80.7 cm³/mol. The molecule has 1 fully saturated rings. The maximum Gasteiger partial charge on any atom is 0.0253 e. The van der Waals surface area contributed by atoms with Crippen LogP contribution in [0.3, 0.4) is 0 Å². The van der Waals surface area contributed by atoms with Gasteiger partial charge >= 0.3 is 0 Å². The third kappa shape index (κ3) is 1.98. The van der Waals surface area contributed by atoms with Gasteiger partial charge in [0, 0.05) is 11.0 Å². The van der Waals surface area contributed by atoms with Crippen LogP contribution in [0.1, 0.15) is 42.7 Å². The Bertz CT molecular complexity index is 571. The van der Waals surface area contributed by atoms with E-state index in [4.69, 9.17) is 5.73 Å². The van der Waals surface area contributed by atoms with Crippen LogP contribution in [0.15, 0.2) is 34.8 Å². The van der Waals surface area contributed by atoms with Gasteiger partial charge in [0.2, 0.25) is 0 Å². The quantitative estimate of drug-likeness (QED) is 0.853. The molecule has 1 saturated carbocycles. The normalized spacial score (nSPS) is 16.6. The third-order valence-electron chi connectivity index (χ3n) is 4.12. The summed E-state index contributed by atoms with van der Waals surface area (Å²) in [5.74, 6) is 0.710. The van der Waals surface area contributed by atoms with Gasteiger partial charge in [0.05, 0.1) is 0 Å². The zero-order chi connectivity index (χ0) is 12.5. The van der Waals surface area contributed by atoms with Crippen LogP contribution in [-0.2, 0) is 6.54 Å². The molecule has 0 aromatic heterocycles. The van der Waals surface area contributed by atoms with Crippen LogP contribution in [0.25, 0.3) is 10.8 Å². The maximum atomic E-state index is 5.94. The van der Waals surface area contributed by atoms with E-state index in [2.05, 4.69) is 46.3 Å². The average molecular weight is 304 g/mol. The van der Waals surface area contributed by atoms with E-state index in [1.54, 1.807) is 0 Å². The first kappa shape index (κ1) is 12.2. The van der Waals surface area contributed by atoms with Crippen molar-refractivity contribution < 1.29 is 0 Å². The molecule has 0 atom stereocenters. The topological polar surface area (TPSA) is 26.0 Å². The van der Waals surface area contributed by atoms with Gasteiger partial charge in [0.25, 0.3) is 0 Å². The molecule has 18 heavy (non-hydrogen) atoms. The van der Waals surface area contributed by atoms with Gasteiger partial charge < -0.3 is 5.73 Å². The minimum Gasteiger partial charge on any atom is -0.326 e. The molecule has 2 N–H and O–H groups in total. The van der Waals surface area contributed by atoms with Gasteiger partial charge in [-0.2, -0.15) is 0 Å². The molecule has 2 heteroatoms. The lowest BCUT2D eigenvalue weighted by Crippen LogP contribution is -2.05. The molecule has 0 heterocycles. The fourth-order valence-corrected chi connectivity index (χ4v) is 3.76. The van der Waals surface area contributed by atoms with E-state index in [1.165, 1.54) is 52.1 Å². The number of fused-ring (bicyclic) bond motifs is 1. The number of rotatable bonds is 2. The van der Waals surface area contributed by atoms with Crippen molar-refractivity contribution in [3.8, 4) is 0 Å². The molecule has 2 aromatic carbocycles. The van der Waals surface area contributed by atoms with Gasteiger partial charge in [-0.1, -0.05) is 53.0 Å². The van der Waals surface area contributed by atoms with E-state index in [1.807, 2.05) is 0 Å². The summed E-state index contributed by atoms with van der Waals surface area (Å²) >= 11 is 3.65. The van der Waals surface area contributed by atoms with E-state index in [0.29, 0.717) is 12.5 Å². The van der Waals surface area contributed by atoms with Crippen molar-refractivity contribution in [1.29, 1.82) is 0 Å². The van der Waals surface area contributed by atoms with Crippen LogP contribution in [-0.4, -0.2) is 0 Å². The molecular formula is C16H18BrN. The summed E-state index contributed by atoms with van der Waals surface area (Å²) in [5.41, 5.74) is 8.77. The highest BCUT2D eigenvalue weighted by Crippen LogP contribution is 2.40. The summed E-state index contributed by atoms with van der Waals surface area (Å²) in [6.45, 7) is 0.647. The minimum atomic E-state index is 0.647. The fraction of sp³-hybridized carbons (Fsp3) is 0.375. The number of halogens is 1. The van der Waals surface area contributed by atoms with Crippen molar-refractivity contribution in [2.24, 2.45) is 5.73 Å². The van der Waals surface area contributed by atoms with Gasteiger partial charge in [-0.25, -0.2) is 0 Å². The molecule has 0 amide bonds. The van der Waals surface area contributed by atoms with E-state index < -0.39 is 0 Å². The van der Waals surface area contributed by atoms with Crippen molar-refractivity contribution in [3.05, 3.63) is 45.9 Å². The van der Waals surface area contributed by atoms with Crippen molar-refractivity contribution >= 4 is 26.7 Å². The first-order valence-corrected chi connectivity index (χ1v) is 7.50. The van der Waals surface area contributed by atoms with Crippen molar-refractivity contribution in [1.82, 2.24) is 0 Å². The molecule has 3 rings (SSSR count). The van der Waals surface area contributed by atoms with Crippen molar-refractivity contribution in [2.75, 3.05) is 0 Å². The Morgan fingerprint density at radius 3 is 2.56 bits per heavy atom. The van der Waals surface area contributed by atoms with Crippen LogP contribution in [0.2, 0.25) is 0 Å². The Kier molecular flexibility index (Phi) is 3.40. The highest BCUT2D eigenvalue weighted by Gasteiger charge is 2.21. The largest absolute Gasteiger partial charge is 0.326 e. The average Bonchev–Trinajstić information content (AvgIpc) is 2.91. The lowest BCUT2D eigenvalue weighted by Gasteiger charge is -2.18. The van der Waals surface area contributed by atoms with Gasteiger partial charge in [0.15, 0.2) is 0 Å². The number of hydrogen-bond donors (Lipinski definition) is 1. The van der Waals surface area contributed by atoms with Crippen molar-refractivity contribution in [3.63, 3.8) is 0 Å².